The topological polar surface area (TPSA) is 104 Å². The maximum atomic E-state index is 13.1. The molecule has 0 atom stereocenters. The van der Waals surface area contributed by atoms with Crippen molar-refractivity contribution in [3.8, 4) is 0 Å². The molecule has 0 aliphatic heterocycles. The second kappa shape index (κ2) is 8.97. The Morgan fingerprint density at radius 1 is 0.903 bits per heavy atom. The number of benzene rings is 3. The highest BCUT2D eigenvalue weighted by atomic mass is 32.2. The van der Waals surface area contributed by atoms with Gasteiger partial charge in [-0.3, -0.25) is 9.10 Å². The summed E-state index contributed by atoms with van der Waals surface area (Å²) in [6.45, 7) is 0.0145. The highest BCUT2D eigenvalue weighted by Gasteiger charge is 2.18. The molecule has 3 aromatic carbocycles. The number of carbonyl (C=O) groups is 2. The Morgan fingerprint density at radius 2 is 1.45 bits per heavy atom. The van der Waals surface area contributed by atoms with Crippen molar-refractivity contribution in [2.75, 3.05) is 15.9 Å². The van der Waals surface area contributed by atoms with E-state index < -0.39 is 27.7 Å². The lowest BCUT2D eigenvalue weighted by molar-refractivity contribution is 0.0696. The van der Waals surface area contributed by atoms with Crippen LogP contribution in [0.4, 0.5) is 15.8 Å². The third-order valence-corrected chi connectivity index (χ3v) is 5.59. The molecule has 0 spiro atoms. The number of anilines is 2. The zero-order valence-electron chi connectivity index (χ0n) is 16.4. The molecule has 0 saturated heterocycles. The van der Waals surface area contributed by atoms with E-state index in [9.17, 15) is 22.4 Å². The summed E-state index contributed by atoms with van der Waals surface area (Å²) < 4.78 is 38.8. The standard InChI is InChI=1S/C22H19FN2O5S/c1-31(29,30)25(14-15-2-8-18(23)9-3-15)20-12-6-16(7-13-20)21(26)24-19-10-4-17(5-11-19)22(27)28/h2-13H,14H2,1H3,(H,24,26)(H,27,28). The molecule has 2 N–H and O–H groups in total. The molecule has 0 unspecified atom stereocenters. The summed E-state index contributed by atoms with van der Waals surface area (Å²) in [5, 5.41) is 11.6. The van der Waals surface area contributed by atoms with Gasteiger partial charge in [-0.1, -0.05) is 12.1 Å². The Bertz CT molecular complexity index is 1190. The fourth-order valence-electron chi connectivity index (χ4n) is 2.83. The van der Waals surface area contributed by atoms with Crippen molar-refractivity contribution in [1.82, 2.24) is 0 Å². The van der Waals surface area contributed by atoms with Crippen LogP contribution in [0.25, 0.3) is 0 Å². The van der Waals surface area contributed by atoms with Gasteiger partial charge in [0, 0.05) is 11.3 Å². The molecule has 160 valence electrons. The lowest BCUT2D eigenvalue weighted by atomic mass is 10.1. The van der Waals surface area contributed by atoms with Crippen LogP contribution in [0.3, 0.4) is 0 Å². The van der Waals surface area contributed by atoms with Crippen molar-refractivity contribution in [3.05, 3.63) is 95.3 Å². The van der Waals surface area contributed by atoms with E-state index >= 15 is 0 Å². The lowest BCUT2D eigenvalue weighted by Gasteiger charge is -2.22. The second-order valence-corrected chi connectivity index (χ2v) is 8.69. The average molecular weight is 442 g/mol. The molecule has 0 radical (unpaired) electrons. The van der Waals surface area contributed by atoms with Gasteiger partial charge < -0.3 is 10.4 Å². The summed E-state index contributed by atoms with van der Waals surface area (Å²) in [5.41, 5.74) is 1.78. The minimum atomic E-state index is -3.63. The molecule has 0 fully saturated rings. The minimum Gasteiger partial charge on any atom is -0.478 e. The molecule has 0 bridgehead atoms. The largest absolute Gasteiger partial charge is 0.478 e. The predicted molar refractivity (Wildman–Crippen MR) is 115 cm³/mol. The molecule has 1 amide bonds. The molecular formula is C22H19FN2O5S. The Balaban J connectivity index is 1.76. The molecule has 0 heterocycles. The fourth-order valence-corrected chi connectivity index (χ4v) is 3.72. The van der Waals surface area contributed by atoms with Gasteiger partial charge in [-0.2, -0.15) is 0 Å². The first-order chi connectivity index (χ1) is 14.6. The minimum absolute atomic E-state index is 0.0145. The van der Waals surface area contributed by atoms with E-state index in [1.807, 2.05) is 0 Å². The molecule has 0 aliphatic rings. The molecule has 0 saturated carbocycles. The summed E-state index contributed by atoms with van der Waals surface area (Å²) in [4.78, 5) is 23.3. The Hall–Kier alpha value is -3.72. The smallest absolute Gasteiger partial charge is 0.335 e. The molecule has 9 heteroatoms. The van der Waals surface area contributed by atoms with Gasteiger partial charge >= 0.3 is 5.97 Å². The van der Waals surface area contributed by atoms with Crippen LogP contribution in [0.1, 0.15) is 26.3 Å². The van der Waals surface area contributed by atoms with E-state index in [0.717, 1.165) is 10.6 Å². The maximum absolute atomic E-state index is 13.1. The molecule has 3 aromatic rings. The first-order valence-electron chi connectivity index (χ1n) is 9.10. The summed E-state index contributed by atoms with van der Waals surface area (Å²) in [5.74, 6) is -1.91. The number of carbonyl (C=O) groups excluding carboxylic acids is 1. The van der Waals surface area contributed by atoms with Crippen LogP contribution in [0.5, 0.6) is 0 Å². The third kappa shape index (κ3) is 5.67. The highest BCUT2D eigenvalue weighted by Crippen LogP contribution is 2.22. The van der Waals surface area contributed by atoms with Crippen LogP contribution in [-0.2, 0) is 16.6 Å². The normalized spacial score (nSPS) is 11.0. The van der Waals surface area contributed by atoms with Gasteiger partial charge in [0.2, 0.25) is 10.0 Å². The van der Waals surface area contributed by atoms with Gasteiger partial charge in [0.25, 0.3) is 5.91 Å². The van der Waals surface area contributed by atoms with E-state index in [4.69, 9.17) is 5.11 Å². The van der Waals surface area contributed by atoms with Crippen LogP contribution in [0.2, 0.25) is 0 Å². The number of hydrogen-bond donors (Lipinski definition) is 2. The van der Waals surface area contributed by atoms with Crippen molar-refractivity contribution in [2.45, 2.75) is 6.54 Å². The van der Waals surface area contributed by atoms with Gasteiger partial charge in [0.1, 0.15) is 5.82 Å². The maximum Gasteiger partial charge on any atom is 0.335 e. The average Bonchev–Trinajstić information content (AvgIpc) is 2.73. The molecule has 3 rings (SSSR count). The quantitative estimate of drug-likeness (QED) is 0.580. The van der Waals surface area contributed by atoms with Crippen molar-refractivity contribution < 1.29 is 27.5 Å². The number of rotatable bonds is 7. The molecule has 0 aliphatic carbocycles. The van der Waals surface area contributed by atoms with Gasteiger partial charge in [-0.05, 0) is 66.2 Å². The number of aromatic carboxylic acids is 1. The summed E-state index contributed by atoms with van der Waals surface area (Å²) >= 11 is 0. The Kier molecular flexibility index (Phi) is 6.36. The van der Waals surface area contributed by atoms with E-state index in [1.165, 1.54) is 72.8 Å². The molecular weight excluding hydrogens is 423 g/mol. The second-order valence-electron chi connectivity index (χ2n) is 6.78. The van der Waals surface area contributed by atoms with Crippen LogP contribution >= 0.6 is 0 Å². The number of sulfonamides is 1. The van der Waals surface area contributed by atoms with Crippen molar-refractivity contribution in [2.24, 2.45) is 0 Å². The SMILES string of the molecule is CS(=O)(=O)N(Cc1ccc(F)cc1)c1ccc(C(=O)Nc2ccc(C(=O)O)cc2)cc1. The van der Waals surface area contributed by atoms with Crippen LogP contribution in [0.15, 0.2) is 72.8 Å². The number of nitrogens with one attached hydrogen (secondary N) is 1. The molecule has 31 heavy (non-hydrogen) atoms. The number of nitrogens with zero attached hydrogens (tertiary/aromatic N) is 1. The van der Waals surface area contributed by atoms with Crippen LogP contribution in [0, 0.1) is 5.82 Å². The van der Waals surface area contributed by atoms with Gasteiger partial charge in [-0.15, -0.1) is 0 Å². The number of hydrogen-bond acceptors (Lipinski definition) is 4. The summed E-state index contributed by atoms with van der Waals surface area (Å²) in [6.07, 6.45) is 1.07. The van der Waals surface area contributed by atoms with Crippen molar-refractivity contribution >= 4 is 33.3 Å². The number of halogens is 1. The molecule has 7 nitrogen and oxygen atoms in total. The van der Waals surface area contributed by atoms with Gasteiger partial charge in [0.15, 0.2) is 0 Å². The Labute approximate surface area is 178 Å². The Morgan fingerprint density at radius 3 is 1.97 bits per heavy atom. The van der Waals surface area contributed by atoms with Crippen molar-refractivity contribution in [1.29, 1.82) is 0 Å². The lowest BCUT2D eigenvalue weighted by Crippen LogP contribution is -2.29. The number of carboxylic acids is 1. The first-order valence-corrected chi connectivity index (χ1v) is 11.0. The highest BCUT2D eigenvalue weighted by molar-refractivity contribution is 7.92. The van der Waals surface area contributed by atoms with Crippen LogP contribution in [-0.4, -0.2) is 31.7 Å². The van der Waals surface area contributed by atoms with E-state index in [2.05, 4.69) is 5.32 Å². The molecule has 0 aromatic heterocycles. The van der Waals surface area contributed by atoms with Crippen LogP contribution < -0.4 is 9.62 Å². The van der Waals surface area contributed by atoms with Gasteiger partial charge in [0.05, 0.1) is 24.1 Å². The fraction of sp³-hybridized carbons (Fsp3) is 0.0909. The first kappa shape index (κ1) is 22.0. The van der Waals surface area contributed by atoms with E-state index in [1.54, 1.807) is 0 Å². The summed E-state index contributed by atoms with van der Waals surface area (Å²) in [7, 11) is -3.63. The monoisotopic (exact) mass is 442 g/mol. The third-order valence-electron chi connectivity index (χ3n) is 4.45. The predicted octanol–water partition coefficient (Wildman–Crippen LogP) is 3.74. The summed E-state index contributed by atoms with van der Waals surface area (Å²) in [6, 6.07) is 17.2. The zero-order chi connectivity index (χ0) is 22.6. The van der Waals surface area contributed by atoms with Gasteiger partial charge in [-0.25, -0.2) is 17.6 Å². The van der Waals surface area contributed by atoms with E-state index in [0.29, 0.717) is 22.5 Å². The zero-order valence-corrected chi connectivity index (χ0v) is 17.3. The van der Waals surface area contributed by atoms with E-state index in [-0.39, 0.29) is 12.1 Å². The number of carboxylic acid groups (broad SMARTS) is 1. The van der Waals surface area contributed by atoms with Crippen molar-refractivity contribution in [3.63, 3.8) is 0 Å². The number of amides is 1.